The fourth-order valence-electron chi connectivity index (χ4n) is 1.97. The van der Waals surface area contributed by atoms with Crippen molar-refractivity contribution in [3.63, 3.8) is 0 Å². The van der Waals surface area contributed by atoms with Crippen LogP contribution in [0.15, 0.2) is 77.7 Å². The fourth-order valence-corrected chi connectivity index (χ4v) is 2.68. The zero-order valence-electron chi connectivity index (χ0n) is 11.9. The maximum absolute atomic E-state index is 11.0. The van der Waals surface area contributed by atoms with Gasteiger partial charge in [0.15, 0.2) is 0 Å². The number of nitro groups is 1. The van der Waals surface area contributed by atoms with E-state index in [1.807, 2.05) is 6.07 Å². The summed E-state index contributed by atoms with van der Waals surface area (Å²) in [6, 6.07) is 19.7. The number of benzene rings is 3. The minimum atomic E-state index is -4.13. The minimum Gasteiger partial charge on any atom is -0.282 e. The third-order valence-corrected chi connectivity index (χ3v) is 3.91. The Kier molecular flexibility index (Phi) is 5.05. The Bertz CT molecular complexity index is 918. The minimum absolute atomic E-state index is 0.0457. The third kappa shape index (κ3) is 4.35. The Morgan fingerprint density at radius 3 is 1.96 bits per heavy atom. The molecular weight excluding hydrogens is 318 g/mol. The summed E-state index contributed by atoms with van der Waals surface area (Å²) in [5.74, 6) is 0. The van der Waals surface area contributed by atoms with E-state index in [2.05, 4.69) is 0 Å². The number of nitro benzene ring substituents is 1. The van der Waals surface area contributed by atoms with Crippen LogP contribution in [0.3, 0.4) is 0 Å². The molecule has 7 heteroatoms. The Balaban J connectivity index is 0.000000185. The average molecular weight is 331 g/mol. The van der Waals surface area contributed by atoms with Crippen LogP contribution >= 0.6 is 0 Å². The van der Waals surface area contributed by atoms with Gasteiger partial charge in [0.05, 0.1) is 4.92 Å². The molecule has 0 saturated carbocycles. The summed E-state index contributed by atoms with van der Waals surface area (Å²) < 4.78 is 31.0. The Hall–Kier alpha value is -2.77. The van der Waals surface area contributed by atoms with Gasteiger partial charge in [-0.25, -0.2) is 0 Å². The Labute approximate surface area is 132 Å². The standard InChI is InChI=1S/C10H8O3S.C6H5NO2/c11-14(12,13)10-7-3-5-8-4-1-2-6-9(8)10;8-7(9)6-4-2-1-3-5-6/h1-7H,(H,11,12,13);1-5H. The van der Waals surface area contributed by atoms with E-state index in [-0.39, 0.29) is 10.6 Å². The van der Waals surface area contributed by atoms with Gasteiger partial charge in [-0.2, -0.15) is 8.42 Å². The van der Waals surface area contributed by atoms with E-state index in [4.69, 9.17) is 4.55 Å². The van der Waals surface area contributed by atoms with Gasteiger partial charge < -0.3 is 0 Å². The SMILES string of the molecule is O=S(=O)(O)c1cccc2ccccc12.O=[N+]([O-])c1ccccc1. The van der Waals surface area contributed by atoms with Gasteiger partial charge in [0.1, 0.15) is 4.90 Å². The normalized spacial score (nSPS) is 10.7. The summed E-state index contributed by atoms with van der Waals surface area (Å²) in [5.41, 5.74) is 0.137. The number of hydrogen-bond donors (Lipinski definition) is 1. The molecule has 0 aliphatic rings. The van der Waals surface area contributed by atoms with Crippen molar-refractivity contribution in [1.82, 2.24) is 0 Å². The predicted octanol–water partition coefficient (Wildman–Crippen LogP) is 3.68. The predicted molar refractivity (Wildman–Crippen MR) is 86.9 cm³/mol. The molecule has 0 aromatic heterocycles. The molecule has 118 valence electrons. The van der Waals surface area contributed by atoms with E-state index in [1.54, 1.807) is 48.5 Å². The van der Waals surface area contributed by atoms with Crippen molar-refractivity contribution >= 4 is 26.6 Å². The van der Waals surface area contributed by atoms with Crippen LogP contribution in [0.4, 0.5) is 5.69 Å². The van der Waals surface area contributed by atoms with Crippen molar-refractivity contribution in [2.75, 3.05) is 0 Å². The van der Waals surface area contributed by atoms with Crippen molar-refractivity contribution in [3.8, 4) is 0 Å². The zero-order valence-corrected chi connectivity index (χ0v) is 12.7. The zero-order chi connectivity index (χ0) is 16.9. The maximum Gasteiger partial charge on any atom is 0.295 e. The molecule has 0 saturated heterocycles. The topological polar surface area (TPSA) is 97.5 Å². The molecule has 0 bridgehead atoms. The molecule has 0 aliphatic heterocycles. The molecule has 0 radical (unpaired) electrons. The summed E-state index contributed by atoms with van der Waals surface area (Å²) in [5, 5.41) is 11.3. The van der Waals surface area contributed by atoms with Gasteiger partial charge in [-0.3, -0.25) is 14.7 Å². The lowest BCUT2D eigenvalue weighted by Crippen LogP contribution is -1.98. The van der Waals surface area contributed by atoms with Crippen LogP contribution in [-0.2, 0) is 10.1 Å². The van der Waals surface area contributed by atoms with Crippen molar-refractivity contribution in [1.29, 1.82) is 0 Å². The first-order chi connectivity index (χ1) is 10.9. The highest BCUT2D eigenvalue weighted by Crippen LogP contribution is 2.22. The lowest BCUT2D eigenvalue weighted by molar-refractivity contribution is -0.384. The number of rotatable bonds is 2. The van der Waals surface area contributed by atoms with E-state index in [0.29, 0.717) is 5.39 Å². The number of non-ortho nitro benzene ring substituents is 1. The lowest BCUT2D eigenvalue weighted by Gasteiger charge is -2.02. The molecule has 0 atom stereocenters. The van der Waals surface area contributed by atoms with Crippen molar-refractivity contribution < 1.29 is 17.9 Å². The van der Waals surface area contributed by atoms with Crippen LogP contribution < -0.4 is 0 Å². The fraction of sp³-hybridized carbons (Fsp3) is 0. The second-order valence-electron chi connectivity index (χ2n) is 4.55. The smallest absolute Gasteiger partial charge is 0.282 e. The first-order valence-electron chi connectivity index (χ1n) is 6.54. The van der Waals surface area contributed by atoms with Crippen molar-refractivity contribution in [2.45, 2.75) is 4.90 Å². The first-order valence-corrected chi connectivity index (χ1v) is 7.98. The Morgan fingerprint density at radius 1 is 0.826 bits per heavy atom. The van der Waals surface area contributed by atoms with E-state index in [9.17, 15) is 18.5 Å². The average Bonchev–Trinajstić information content (AvgIpc) is 2.55. The summed E-state index contributed by atoms with van der Waals surface area (Å²) in [6.45, 7) is 0. The number of para-hydroxylation sites is 1. The molecule has 3 rings (SSSR count). The molecule has 3 aromatic rings. The number of hydrogen-bond acceptors (Lipinski definition) is 4. The second kappa shape index (κ2) is 6.99. The molecule has 23 heavy (non-hydrogen) atoms. The van der Waals surface area contributed by atoms with Crippen molar-refractivity contribution in [3.05, 3.63) is 82.9 Å². The molecule has 0 heterocycles. The highest BCUT2D eigenvalue weighted by molar-refractivity contribution is 7.86. The second-order valence-corrected chi connectivity index (χ2v) is 5.93. The lowest BCUT2D eigenvalue weighted by atomic mass is 10.1. The van der Waals surface area contributed by atoms with Crippen LogP contribution in [0.2, 0.25) is 0 Å². The van der Waals surface area contributed by atoms with E-state index in [0.717, 1.165) is 5.39 Å². The summed E-state index contributed by atoms with van der Waals surface area (Å²) in [7, 11) is -4.13. The highest BCUT2D eigenvalue weighted by Gasteiger charge is 2.12. The molecule has 3 aromatic carbocycles. The number of fused-ring (bicyclic) bond motifs is 1. The first kappa shape index (κ1) is 16.6. The number of nitrogens with zero attached hydrogens (tertiary/aromatic N) is 1. The molecule has 0 fully saturated rings. The van der Waals surface area contributed by atoms with Gasteiger partial charge in [-0.05, 0) is 11.5 Å². The molecule has 0 unspecified atom stereocenters. The van der Waals surface area contributed by atoms with Crippen LogP contribution in [0.5, 0.6) is 0 Å². The quantitative estimate of drug-likeness (QED) is 0.439. The molecule has 0 spiro atoms. The summed E-state index contributed by atoms with van der Waals surface area (Å²) >= 11 is 0. The summed E-state index contributed by atoms with van der Waals surface area (Å²) in [6.07, 6.45) is 0. The van der Waals surface area contributed by atoms with Crippen LogP contribution in [0, 0.1) is 10.1 Å². The van der Waals surface area contributed by atoms with E-state index < -0.39 is 15.0 Å². The largest absolute Gasteiger partial charge is 0.295 e. The third-order valence-electron chi connectivity index (χ3n) is 2.99. The van der Waals surface area contributed by atoms with Crippen LogP contribution in [-0.4, -0.2) is 17.9 Å². The van der Waals surface area contributed by atoms with Gasteiger partial charge in [0.2, 0.25) is 0 Å². The molecule has 0 aliphatic carbocycles. The maximum atomic E-state index is 11.0. The van der Waals surface area contributed by atoms with Crippen molar-refractivity contribution in [2.24, 2.45) is 0 Å². The van der Waals surface area contributed by atoms with Gasteiger partial charge in [-0.15, -0.1) is 0 Å². The Morgan fingerprint density at radius 2 is 1.39 bits per heavy atom. The van der Waals surface area contributed by atoms with E-state index in [1.165, 1.54) is 18.2 Å². The van der Waals surface area contributed by atoms with Crippen LogP contribution in [0.25, 0.3) is 10.8 Å². The molecule has 6 nitrogen and oxygen atoms in total. The molecular formula is C16H13NO5S. The molecule has 0 amide bonds. The highest BCUT2D eigenvalue weighted by atomic mass is 32.2. The van der Waals surface area contributed by atoms with Gasteiger partial charge >= 0.3 is 0 Å². The van der Waals surface area contributed by atoms with Gasteiger partial charge in [0, 0.05) is 17.5 Å². The summed E-state index contributed by atoms with van der Waals surface area (Å²) in [4.78, 5) is 9.54. The van der Waals surface area contributed by atoms with Gasteiger partial charge in [-0.1, -0.05) is 54.6 Å². The molecule has 1 N–H and O–H groups in total. The van der Waals surface area contributed by atoms with Crippen LogP contribution in [0.1, 0.15) is 0 Å². The van der Waals surface area contributed by atoms with E-state index >= 15 is 0 Å². The van der Waals surface area contributed by atoms with Gasteiger partial charge in [0.25, 0.3) is 15.8 Å². The monoisotopic (exact) mass is 331 g/mol.